The summed E-state index contributed by atoms with van der Waals surface area (Å²) in [5, 5.41) is 0. The number of hydrogen-bond acceptors (Lipinski definition) is 5. The van der Waals surface area contributed by atoms with Crippen molar-refractivity contribution in [2.75, 3.05) is 26.9 Å². The molecule has 0 unspecified atom stereocenters. The van der Waals surface area contributed by atoms with E-state index in [0.29, 0.717) is 24.7 Å². The minimum Gasteiger partial charge on any atom is -0.488 e. The lowest BCUT2D eigenvalue weighted by molar-refractivity contribution is -0.142. The van der Waals surface area contributed by atoms with Crippen LogP contribution >= 0.6 is 0 Å². The van der Waals surface area contributed by atoms with E-state index in [-0.39, 0.29) is 6.61 Å². The molecule has 0 heterocycles. The van der Waals surface area contributed by atoms with Crippen molar-refractivity contribution >= 4 is 5.97 Å². The maximum atomic E-state index is 10.9. The fourth-order valence-electron chi connectivity index (χ4n) is 1.05. The van der Waals surface area contributed by atoms with Gasteiger partial charge in [0.25, 0.3) is 0 Å². The lowest BCUT2D eigenvalue weighted by Gasteiger charge is -2.10. The monoisotopic (exact) mass is 225 g/mol. The molecular weight excluding hydrogens is 210 g/mol. The Labute approximate surface area is 94.1 Å². The third-order valence-corrected chi connectivity index (χ3v) is 1.80. The lowest BCUT2D eigenvalue weighted by Crippen LogP contribution is -2.14. The van der Waals surface area contributed by atoms with E-state index in [1.54, 1.807) is 18.2 Å². The van der Waals surface area contributed by atoms with Crippen LogP contribution in [-0.2, 0) is 9.53 Å². The molecule has 1 aromatic carbocycles. The van der Waals surface area contributed by atoms with Gasteiger partial charge in [-0.05, 0) is 12.1 Å². The van der Waals surface area contributed by atoms with Crippen LogP contribution in [0, 0.1) is 0 Å². The zero-order valence-electron chi connectivity index (χ0n) is 9.14. The molecule has 0 aromatic heterocycles. The molecule has 88 valence electrons. The van der Waals surface area contributed by atoms with Crippen molar-refractivity contribution in [2.24, 2.45) is 5.73 Å². The molecule has 0 aliphatic heterocycles. The highest BCUT2D eigenvalue weighted by atomic mass is 16.6. The maximum Gasteiger partial charge on any atom is 0.343 e. The summed E-state index contributed by atoms with van der Waals surface area (Å²) >= 11 is 0. The molecule has 1 rings (SSSR count). The van der Waals surface area contributed by atoms with Gasteiger partial charge in [-0.3, -0.25) is 0 Å². The van der Waals surface area contributed by atoms with Crippen LogP contribution < -0.4 is 15.2 Å². The van der Waals surface area contributed by atoms with Crippen LogP contribution in [-0.4, -0.2) is 32.8 Å². The second-order valence-corrected chi connectivity index (χ2v) is 2.95. The van der Waals surface area contributed by atoms with Gasteiger partial charge in [-0.15, -0.1) is 0 Å². The van der Waals surface area contributed by atoms with Gasteiger partial charge in [-0.25, -0.2) is 4.79 Å². The van der Waals surface area contributed by atoms with Crippen molar-refractivity contribution in [3.63, 3.8) is 0 Å². The first kappa shape index (κ1) is 12.3. The number of benzene rings is 1. The number of carbonyl (C=O) groups is 1. The molecule has 0 aliphatic rings. The highest BCUT2D eigenvalue weighted by Gasteiger charge is 2.06. The Morgan fingerprint density at radius 3 is 2.44 bits per heavy atom. The van der Waals surface area contributed by atoms with Gasteiger partial charge in [0, 0.05) is 6.54 Å². The SMILES string of the molecule is COC(=O)COc1ccccc1OCCN. The zero-order valence-corrected chi connectivity index (χ0v) is 9.14. The number of hydrogen-bond donors (Lipinski definition) is 1. The number of methoxy groups -OCH3 is 1. The summed E-state index contributed by atoms with van der Waals surface area (Å²) in [6.07, 6.45) is 0. The highest BCUT2D eigenvalue weighted by molar-refractivity contribution is 5.71. The van der Waals surface area contributed by atoms with Crippen LogP contribution in [0.2, 0.25) is 0 Å². The molecule has 16 heavy (non-hydrogen) atoms. The molecule has 1 aromatic rings. The molecule has 0 bridgehead atoms. The lowest BCUT2D eigenvalue weighted by atomic mass is 10.3. The smallest absolute Gasteiger partial charge is 0.343 e. The summed E-state index contributed by atoms with van der Waals surface area (Å²) in [4.78, 5) is 10.9. The minimum atomic E-state index is -0.436. The normalized spacial score (nSPS) is 9.62. The van der Waals surface area contributed by atoms with Gasteiger partial charge in [-0.2, -0.15) is 0 Å². The third kappa shape index (κ3) is 3.78. The van der Waals surface area contributed by atoms with E-state index in [1.165, 1.54) is 7.11 Å². The van der Waals surface area contributed by atoms with E-state index < -0.39 is 5.97 Å². The van der Waals surface area contributed by atoms with Crippen molar-refractivity contribution in [1.29, 1.82) is 0 Å². The largest absolute Gasteiger partial charge is 0.488 e. The molecule has 5 nitrogen and oxygen atoms in total. The van der Waals surface area contributed by atoms with Crippen molar-refractivity contribution in [3.05, 3.63) is 24.3 Å². The Bertz CT molecular complexity index is 341. The van der Waals surface area contributed by atoms with Crippen LogP contribution in [0.3, 0.4) is 0 Å². The maximum absolute atomic E-state index is 10.9. The average Bonchev–Trinajstić information content (AvgIpc) is 2.34. The zero-order chi connectivity index (χ0) is 11.8. The number of esters is 1. The Morgan fingerprint density at radius 1 is 1.25 bits per heavy atom. The summed E-state index contributed by atoms with van der Waals surface area (Å²) in [6.45, 7) is 0.684. The molecule has 0 aliphatic carbocycles. The van der Waals surface area contributed by atoms with E-state index in [2.05, 4.69) is 4.74 Å². The van der Waals surface area contributed by atoms with Gasteiger partial charge in [0.2, 0.25) is 0 Å². The number of ether oxygens (including phenoxy) is 3. The Kier molecular flexibility index (Phi) is 5.15. The number of rotatable bonds is 6. The quantitative estimate of drug-likeness (QED) is 0.717. The first-order chi connectivity index (χ1) is 7.77. The first-order valence-corrected chi connectivity index (χ1v) is 4.89. The van der Waals surface area contributed by atoms with Gasteiger partial charge in [0.1, 0.15) is 6.61 Å². The van der Waals surface area contributed by atoms with Crippen LogP contribution in [0.25, 0.3) is 0 Å². The van der Waals surface area contributed by atoms with Crippen LogP contribution in [0.1, 0.15) is 0 Å². The van der Waals surface area contributed by atoms with Crippen LogP contribution in [0.4, 0.5) is 0 Å². The average molecular weight is 225 g/mol. The molecule has 0 fully saturated rings. The van der Waals surface area contributed by atoms with Crippen molar-refractivity contribution < 1.29 is 19.0 Å². The van der Waals surface area contributed by atoms with Gasteiger partial charge in [0.05, 0.1) is 7.11 Å². The van der Waals surface area contributed by atoms with Gasteiger partial charge in [0.15, 0.2) is 18.1 Å². The molecule has 0 saturated carbocycles. The van der Waals surface area contributed by atoms with E-state index >= 15 is 0 Å². The van der Waals surface area contributed by atoms with E-state index in [9.17, 15) is 4.79 Å². The molecule has 0 radical (unpaired) electrons. The van der Waals surface area contributed by atoms with E-state index in [1.807, 2.05) is 6.07 Å². The standard InChI is InChI=1S/C11H15NO4/c1-14-11(13)8-16-10-5-3-2-4-9(10)15-7-6-12/h2-5H,6-8,12H2,1H3. The Hall–Kier alpha value is -1.75. The highest BCUT2D eigenvalue weighted by Crippen LogP contribution is 2.26. The third-order valence-electron chi connectivity index (χ3n) is 1.80. The summed E-state index contributed by atoms with van der Waals surface area (Å²) in [5.74, 6) is 0.631. The number of para-hydroxylation sites is 2. The van der Waals surface area contributed by atoms with Crippen LogP contribution in [0.15, 0.2) is 24.3 Å². The van der Waals surface area contributed by atoms with Gasteiger partial charge >= 0.3 is 5.97 Å². The molecule has 0 spiro atoms. The Morgan fingerprint density at radius 2 is 1.88 bits per heavy atom. The van der Waals surface area contributed by atoms with Crippen LogP contribution in [0.5, 0.6) is 11.5 Å². The summed E-state index contributed by atoms with van der Waals surface area (Å²) in [6, 6.07) is 7.08. The molecule has 0 atom stereocenters. The minimum absolute atomic E-state index is 0.139. The summed E-state index contributed by atoms with van der Waals surface area (Å²) in [5.41, 5.74) is 5.33. The summed E-state index contributed by atoms with van der Waals surface area (Å²) < 4.78 is 15.1. The fraction of sp³-hybridized carbons (Fsp3) is 0.364. The molecule has 0 amide bonds. The van der Waals surface area contributed by atoms with Crippen molar-refractivity contribution in [1.82, 2.24) is 0 Å². The fourth-order valence-corrected chi connectivity index (χ4v) is 1.05. The Balaban J connectivity index is 2.59. The van der Waals surface area contributed by atoms with Gasteiger partial charge in [-0.1, -0.05) is 12.1 Å². The second kappa shape index (κ2) is 6.68. The van der Waals surface area contributed by atoms with Crippen molar-refractivity contribution in [2.45, 2.75) is 0 Å². The molecule has 2 N–H and O–H groups in total. The number of nitrogens with two attached hydrogens (primary N) is 1. The predicted octanol–water partition coefficient (Wildman–Crippen LogP) is 0.576. The van der Waals surface area contributed by atoms with E-state index in [0.717, 1.165) is 0 Å². The molecule has 0 saturated heterocycles. The van der Waals surface area contributed by atoms with E-state index in [4.69, 9.17) is 15.2 Å². The molecular formula is C11H15NO4. The summed E-state index contributed by atoms with van der Waals surface area (Å²) in [7, 11) is 1.31. The topological polar surface area (TPSA) is 70.8 Å². The van der Waals surface area contributed by atoms with Gasteiger partial charge < -0.3 is 19.9 Å². The number of carbonyl (C=O) groups excluding carboxylic acids is 1. The second-order valence-electron chi connectivity index (χ2n) is 2.95. The molecule has 5 heteroatoms. The van der Waals surface area contributed by atoms with Crippen molar-refractivity contribution in [3.8, 4) is 11.5 Å². The first-order valence-electron chi connectivity index (χ1n) is 4.89. The predicted molar refractivity (Wildman–Crippen MR) is 58.5 cm³/mol.